The van der Waals surface area contributed by atoms with Crippen molar-refractivity contribution in [2.24, 2.45) is 0 Å². The summed E-state index contributed by atoms with van der Waals surface area (Å²) in [7, 11) is 0. The first-order valence-corrected chi connectivity index (χ1v) is 5.78. The number of halogens is 1. The Morgan fingerprint density at radius 1 is 1.29 bits per heavy atom. The summed E-state index contributed by atoms with van der Waals surface area (Å²) in [6.07, 6.45) is 8.60. The van der Waals surface area contributed by atoms with Crippen molar-refractivity contribution in [1.29, 1.82) is 0 Å². The lowest BCUT2D eigenvalue weighted by Crippen LogP contribution is -2.06. The van der Waals surface area contributed by atoms with E-state index >= 15 is 0 Å². The van der Waals surface area contributed by atoms with E-state index in [9.17, 15) is 0 Å². The third kappa shape index (κ3) is 1.93. The van der Waals surface area contributed by atoms with E-state index in [1.165, 1.54) is 43.2 Å². The van der Waals surface area contributed by atoms with Gasteiger partial charge < -0.3 is 0 Å². The molecule has 14 heavy (non-hydrogen) atoms. The molecule has 1 fully saturated rings. The maximum absolute atomic E-state index is 6.02. The van der Waals surface area contributed by atoms with Crippen LogP contribution in [0.5, 0.6) is 0 Å². The second-order valence-corrected chi connectivity index (χ2v) is 4.51. The Kier molecular flexibility index (Phi) is 3.07. The van der Waals surface area contributed by atoms with E-state index in [0.717, 1.165) is 5.92 Å². The van der Waals surface area contributed by atoms with Crippen LogP contribution in [-0.4, -0.2) is 4.98 Å². The van der Waals surface area contributed by atoms with E-state index in [-0.39, 0.29) is 0 Å². The second kappa shape index (κ2) is 4.31. The smallest absolute Gasteiger partial charge is 0.132 e. The fourth-order valence-electron chi connectivity index (χ4n) is 2.38. The molecule has 1 aromatic heterocycles. The van der Waals surface area contributed by atoms with Crippen LogP contribution in [0.25, 0.3) is 0 Å². The monoisotopic (exact) mass is 209 g/mol. The normalized spacial score (nSPS) is 18.4. The Morgan fingerprint density at radius 2 is 2.00 bits per heavy atom. The molecule has 1 aliphatic rings. The van der Waals surface area contributed by atoms with Crippen LogP contribution in [0.3, 0.4) is 0 Å². The lowest BCUT2D eigenvalue weighted by atomic mass is 9.83. The van der Waals surface area contributed by atoms with E-state index in [1.54, 1.807) is 0 Å². The third-order valence-corrected chi connectivity index (χ3v) is 3.61. The van der Waals surface area contributed by atoms with Gasteiger partial charge >= 0.3 is 0 Å². The van der Waals surface area contributed by atoms with Gasteiger partial charge in [0.15, 0.2) is 0 Å². The molecule has 0 spiro atoms. The van der Waals surface area contributed by atoms with Crippen LogP contribution in [0.4, 0.5) is 0 Å². The number of hydrogen-bond donors (Lipinski definition) is 0. The zero-order valence-corrected chi connectivity index (χ0v) is 9.35. The average Bonchev–Trinajstić information content (AvgIpc) is 2.23. The molecule has 1 nitrogen and oxygen atoms in total. The van der Waals surface area contributed by atoms with E-state index in [4.69, 9.17) is 11.6 Å². The molecule has 1 heterocycles. The Balaban J connectivity index is 2.26. The van der Waals surface area contributed by atoms with E-state index in [1.807, 2.05) is 6.20 Å². The fraction of sp³-hybridized carbons (Fsp3) is 0.583. The molecule has 1 saturated carbocycles. The van der Waals surface area contributed by atoms with Crippen molar-refractivity contribution < 1.29 is 0 Å². The van der Waals surface area contributed by atoms with E-state index in [0.29, 0.717) is 5.15 Å². The summed E-state index contributed by atoms with van der Waals surface area (Å²) in [5, 5.41) is 0.674. The number of pyridine rings is 1. The van der Waals surface area contributed by atoms with Gasteiger partial charge in [0.05, 0.1) is 0 Å². The van der Waals surface area contributed by atoms with E-state index < -0.39 is 0 Å². The molecule has 2 rings (SSSR count). The van der Waals surface area contributed by atoms with Crippen molar-refractivity contribution in [3.8, 4) is 0 Å². The van der Waals surface area contributed by atoms with Crippen molar-refractivity contribution >= 4 is 11.6 Å². The highest BCUT2D eigenvalue weighted by Gasteiger charge is 2.18. The van der Waals surface area contributed by atoms with Gasteiger partial charge in [-0.05, 0) is 42.9 Å². The van der Waals surface area contributed by atoms with Gasteiger partial charge in [-0.25, -0.2) is 4.98 Å². The largest absolute Gasteiger partial charge is 0.244 e. The minimum absolute atomic E-state index is 0.674. The Hall–Kier alpha value is -0.560. The molecule has 1 aliphatic carbocycles. The minimum Gasteiger partial charge on any atom is -0.244 e. The highest BCUT2D eigenvalue weighted by molar-refractivity contribution is 6.30. The Labute approximate surface area is 90.5 Å². The summed E-state index contributed by atoms with van der Waals surface area (Å²) >= 11 is 6.02. The molecule has 0 bridgehead atoms. The van der Waals surface area contributed by atoms with Crippen molar-refractivity contribution in [3.63, 3.8) is 0 Å². The minimum atomic E-state index is 0.674. The number of hydrogen-bond acceptors (Lipinski definition) is 1. The molecule has 0 radical (unpaired) electrons. The lowest BCUT2D eigenvalue weighted by molar-refractivity contribution is 0.442. The first-order chi connectivity index (χ1) is 6.79. The summed E-state index contributed by atoms with van der Waals surface area (Å²) in [5.74, 6) is 0.726. The third-order valence-electron chi connectivity index (χ3n) is 3.23. The van der Waals surface area contributed by atoms with Crippen LogP contribution < -0.4 is 0 Å². The van der Waals surface area contributed by atoms with E-state index in [2.05, 4.69) is 18.0 Å². The highest BCUT2D eigenvalue weighted by Crippen LogP contribution is 2.35. The molecular formula is C12H16ClN. The summed E-state index contributed by atoms with van der Waals surface area (Å²) in [4.78, 5) is 4.10. The maximum atomic E-state index is 6.02. The van der Waals surface area contributed by atoms with Gasteiger partial charge in [-0.3, -0.25) is 0 Å². The summed E-state index contributed by atoms with van der Waals surface area (Å²) in [5.41, 5.74) is 2.60. The number of nitrogens with zero attached hydrogens (tertiary/aromatic N) is 1. The molecule has 0 aliphatic heterocycles. The molecule has 0 aromatic carbocycles. The Bertz CT molecular complexity index is 316. The van der Waals surface area contributed by atoms with Crippen LogP contribution in [0, 0.1) is 6.92 Å². The first kappa shape index (κ1) is 9.97. The molecule has 0 N–H and O–H groups in total. The van der Waals surface area contributed by atoms with Crippen molar-refractivity contribution in [3.05, 3.63) is 28.5 Å². The van der Waals surface area contributed by atoms with Gasteiger partial charge in [-0.1, -0.05) is 30.9 Å². The second-order valence-electron chi connectivity index (χ2n) is 4.15. The summed E-state index contributed by atoms with van der Waals surface area (Å²) in [6, 6.07) is 2.14. The SMILES string of the molecule is Cc1c(C2CCCCC2)ccnc1Cl. The summed E-state index contributed by atoms with van der Waals surface area (Å²) < 4.78 is 0. The predicted molar refractivity (Wildman–Crippen MR) is 59.8 cm³/mol. The van der Waals surface area contributed by atoms with Crippen molar-refractivity contribution in [1.82, 2.24) is 4.98 Å². The van der Waals surface area contributed by atoms with Crippen LogP contribution in [0.15, 0.2) is 12.3 Å². The lowest BCUT2D eigenvalue weighted by Gasteiger charge is -2.23. The quantitative estimate of drug-likeness (QED) is 0.635. The van der Waals surface area contributed by atoms with Crippen molar-refractivity contribution in [2.75, 3.05) is 0 Å². The zero-order chi connectivity index (χ0) is 9.97. The van der Waals surface area contributed by atoms with Gasteiger partial charge in [-0.2, -0.15) is 0 Å². The maximum Gasteiger partial charge on any atom is 0.132 e. The summed E-state index contributed by atoms with van der Waals surface area (Å²) in [6.45, 7) is 2.08. The van der Waals surface area contributed by atoms with Crippen molar-refractivity contribution in [2.45, 2.75) is 44.9 Å². The first-order valence-electron chi connectivity index (χ1n) is 5.40. The molecule has 0 amide bonds. The molecule has 2 heteroatoms. The molecule has 0 saturated heterocycles. The average molecular weight is 210 g/mol. The highest BCUT2D eigenvalue weighted by atomic mass is 35.5. The van der Waals surface area contributed by atoms with Crippen LogP contribution in [-0.2, 0) is 0 Å². The van der Waals surface area contributed by atoms with Crippen LogP contribution in [0.1, 0.15) is 49.1 Å². The standard InChI is InChI=1S/C12H16ClN/c1-9-11(7-8-14-12(9)13)10-5-3-2-4-6-10/h7-8,10H,2-6H2,1H3. The zero-order valence-electron chi connectivity index (χ0n) is 8.59. The fourth-order valence-corrected chi connectivity index (χ4v) is 2.55. The van der Waals surface area contributed by atoms with Gasteiger partial charge in [0.25, 0.3) is 0 Å². The number of aromatic nitrogens is 1. The number of rotatable bonds is 1. The topological polar surface area (TPSA) is 12.9 Å². The van der Waals surface area contributed by atoms with Crippen LogP contribution in [0.2, 0.25) is 5.15 Å². The molecule has 76 valence electrons. The molecule has 0 atom stereocenters. The van der Waals surface area contributed by atoms with Gasteiger partial charge in [-0.15, -0.1) is 0 Å². The Morgan fingerprint density at radius 3 is 2.71 bits per heavy atom. The molecular weight excluding hydrogens is 194 g/mol. The van der Waals surface area contributed by atoms with Gasteiger partial charge in [0, 0.05) is 6.20 Å². The molecule has 0 unspecified atom stereocenters. The van der Waals surface area contributed by atoms with Crippen LogP contribution >= 0.6 is 11.6 Å². The molecule has 1 aromatic rings. The van der Waals surface area contributed by atoms with Gasteiger partial charge in [0.2, 0.25) is 0 Å². The predicted octanol–water partition coefficient (Wildman–Crippen LogP) is 4.09. The van der Waals surface area contributed by atoms with Gasteiger partial charge in [0.1, 0.15) is 5.15 Å².